The Hall–Kier alpha value is -1.83. The molecule has 106 valence electrons. The first-order valence-corrected chi connectivity index (χ1v) is 6.32. The molecule has 0 aromatic heterocycles. The normalized spacial score (nSPS) is 24.9. The SMILES string of the molecule is CC1CN(C(N)=NCCN2C(=O)CNC2=O)CCO1. The van der Waals surface area contributed by atoms with Gasteiger partial charge in [0.15, 0.2) is 5.96 Å². The van der Waals surface area contributed by atoms with E-state index >= 15 is 0 Å². The third-order valence-corrected chi connectivity index (χ3v) is 3.10. The van der Waals surface area contributed by atoms with Crippen molar-refractivity contribution in [3.63, 3.8) is 0 Å². The minimum Gasteiger partial charge on any atom is -0.375 e. The molecule has 0 radical (unpaired) electrons. The zero-order chi connectivity index (χ0) is 13.8. The maximum Gasteiger partial charge on any atom is 0.324 e. The lowest BCUT2D eigenvalue weighted by atomic mass is 10.3. The molecule has 0 bridgehead atoms. The van der Waals surface area contributed by atoms with Crippen molar-refractivity contribution in [3.8, 4) is 0 Å². The van der Waals surface area contributed by atoms with Crippen molar-refractivity contribution in [2.45, 2.75) is 13.0 Å². The lowest BCUT2D eigenvalue weighted by Gasteiger charge is -2.31. The van der Waals surface area contributed by atoms with Gasteiger partial charge in [-0.3, -0.25) is 14.7 Å². The number of nitrogens with zero attached hydrogens (tertiary/aromatic N) is 3. The molecule has 8 nitrogen and oxygen atoms in total. The second-order valence-corrected chi connectivity index (χ2v) is 4.57. The Bertz CT molecular complexity index is 382. The molecule has 2 fully saturated rings. The number of urea groups is 1. The third-order valence-electron chi connectivity index (χ3n) is 3.10. The van der Waals surface area contributed by atoms with E-state index < -0.39 is 0 Å². The highest BCUT2D eigenvalue weighted by Crippen LogP contribution is 2.04. The van der Waals surface area contributed by atoms with Gasteiger partial charge in [0, 0.05) is 13.1 Å². The van der Waals surface area contributed by atoms with Gasteiger partial charge in [0.25, 0.3) is 0 Å². The molecule has 19 heavy (non-hydrogen) atoms. The van der Waals surface area contributed by atoms with Crippen LogP contribution in [0.25, 0.3) is 0 Å². The summed E-state index contributed by atoms with van der Waals surface area (Å²) in [7, 11) is 0. The summed E-state index contributed by atoms with van der Waals surface area (Å²) in [5, 5.41) is 2.46. The van der Waals surface area contributed by atoms with Crippen molar-refractivity contribution >= 4 is 17.9 Å². The highest BCUT2D eigenvalue weighted by Gasteiger charge is 2.27. The fraction of sp³-hybridized carbons (Fsp3) is 0.727. The summed E-state index contributed by atoms with van der Waals surface area (Å²) in [6, 6.07) is -0.362. The van der Waals surface area contributed by atoms with Gasteiger partial charge in [-0.25, -0.2) is 4.79 Å². The van der Waals surface area contributed by atoms with Gasteiger partial charge in [0.2, 0.25) is 5.91 Å². The summed E-state index contributed by atoms with van der Waals surface area (Å²) in [4.78, 5) is 29.9. The number of imide groups is 1. The topological polar surface area (TPSA) is 100 Å². The van der Waals surface area contributed by atoms with E-state index in [1.807, 2.05) is 11.8 Å². The Morgan fingerprint density at radius 3 is 3.00 bits per heavy atom. The number of carbonyl (C=O) groups excluding carboxylic acids is 2. The summed E-state index contributed by atoms with van der Waals surface area (Å²) in [6.45, 7) is 4.67. The van der Waals surface area contributed by atoms with Crippen LogP contribution in [0.2, 0.25) is 0 Å². The Morgan fingerprint density at radius 1 is 1.58 bits per heavy atom. The van der Waals surface area contributed by atoms with E-state index in [2.05, 4.69) is 10.3 Å². The molecule has 0 aromatic rings. The molecule has 2 aliphatic rings. The van der Waals surface area contributed by atoms with Gasteiger partial charge in [-0.2, -0.15) is 0 Å². The molecule has 2 saturated heterocycles. The number of amides is 3. The molecule has 1 unspecified atom stereocenters. The summed E-state index contributed by atoms with van der Waals surface area (Å²) < 4.78 is 5.41. The van der Waals surface area contributed by atoms with Crippen LogP contribution < -0.4 is 11.1 Å². The fourth-order valence-corrected chi connectivity index (χ4v) is 2.07. The van der Waals surface area contributed by atoms with E-state index in [1.54, 1.807) is 0 Å². The van der Waals surface area contributed by atoms with E-state index in [-0.39, 0.29) is 31.1 Å². The number of nitrogens with two attached hydrogens (primary N) is 1. The van der Waals surface area contributed by atoms with E-state index in [0.717, 1.165) is 4.90 Å². The summed E-state index contributed by atoms with van der Waals surface area (Å²) in [6.07, 6.45) is 0.133. The quantitative estimate of drug-likeness (QED) is 0.372. The Balaban J connectivity index is 1.81. The van der Waals surface area contributed by atoms with Crippen LogP contribution >= 0.6 is 0 Å². The van der Waals surface area contributed by atoms with Gasteiger partial charge in [0.1, 0.15) is 0 Å². The number of hydrogen-bond acceptors (Lipinski definition) is 4. The van der Waals surface area contributed by atoms with E-state index in [0.29, 0.717) is 32.2 Å². The molecule has 3 N–H and O–H groups in total. The first-order chi connectivity index (χ1) is 9.08. The van der Waals surface area contributed by atoms with Crippen molar-refractivity contribution in [1.82, 2.24) is 15.1 Å². The monoisotopic (exact) mass is 269 g/mol. The van der Waals surface area contributed by atoms with Gasteiger partial charge in [-0.15, -0.1) is 0 Å². The number of nitrogens with one attached hydrogen (secondary N) is 1. The Kier molecular flexibility index (Phi) is 4.20. The van der Waals surface area contributed by atoms with Crippen LogP contribution in [0, 0.1) is 0 Å². The molecule has 0 aromatic carbocycles. The molecular formula is C11H19N5O3. The summed E-state index contributed by atoms with van der Waals surface area (Å²) >= 11 is 0. The van der Waals surface area contributed by atoms with Crippen LogP contribution in [-0.4, -0.2) is 73.1 Å². The third kappa shape index (κ3) is 3.34. The number of rotatable bonds is 3. The number of ether oxygens (including phenoxy) is 1. The van der Waals surface area contributed by atoms with Crippen molar-refractivity contribution < 1.29 is 14.3 Å². The second-order valence-electron chi connectivity index (χ2n) is 4.57. The molecule has 8 heteroatoms. The molecule has 0 spiro atoms. The highest BCUT2D eigenvalue weighted by atomic mass is 16.5. The maximum atomic E-state index is 11.3. The molecule has 2 aliphatic heterocycles. The molecule has 2 heterocycles. The average molecular weight is 269 g/mol. The minimum absolute atomic E-state index is 0.0685. The van der Waals surface area contributed by atoms with Crippen LogP contribution in [0.15, 0.2) is 4.99 Å². The van der Waals surface area contributed by atoms with Gasteiger partial charge in [-0.05, 0) is 6.92 Å². The zero-order valence-electron chi connectivity index (χ0n) is 11.0. The van der Waals surface area contributed by atoms with E-state index in [4.69, 9.17) is 10.5 Å². The second kappa shape index (κ2) is 5.87. The van der Waals surface area contributed by atoms with Crippen LogP contribution in [0.1, 0.15) is 6.92 Å². The smallest absolute Gasteiger partial charge is 0.324 e. The van der Waals surface area contributed by atoms with Crippen molar-refractivity contribution in [2.75, 3.05) is 39.3 Å². The van der Waals surface area contributed by atoms with Crippen molar-refractivity contribution in [3.05, 3.63) is 0 Å². The standard InChI is InChI=1S/C11H19N5O3/c1-8-7-15(4-5-19-8)10(12)13-2-3-16-9(17)6-14-11(16)18/h8H,2-7H2,1H3,(H2,12,13)(H,14,18). The summed E-state index contributed by atoms with van der Waals surface area (Å²) in [5.41, 5.74) is 5.88. The lowest BCUT2D eigenvalue weighted by molar-refractivity contribution is -0.124. The van der Waals surface area contributed by atoms with Gasteiger partial charge < -0.3 is 20.7 Å². The van der Waals surface area contributed by atoms with Crippen molar-refractivity contribution in [2.24, 2.45) is 10.7 Å². The molecule has 3 amide bonds. The molecular weight excluding hydrogens is 250 g/mol. The largest absolute Gasteiger partial charge is 0.375 e. The maximum absolute atomic E-state index is 11.3. The van der Waals surface area contributed by atoms with Gasteiger partial charge in [-0.1, -0.05) is 0 Å². The Labute approximate surface area is 111 Å². The zero-order valence-corrected chi connectivity index (χ0v) is 11.0. The number of carbonyl (C=O) groups is 2. The van der Waals surface area contributed by atoms with Crippen LogP contribution in [0.3, 0.4) is 0 Å². The fourth-order valence-electron chi connectivity index (χ4n) is 2.07. The minimum atomic E-state index is -0.362. The molecule has 0 saturated carbocycles. The van der Waals surface area contributed by atoms with E-state index in [9.17, 15) is 9.59 Å². The number of aliphatic imine (C=N–C) groups is 1. The summed E-state index contributed by atoms with van der Waals surface area (Å²) in [5.74, 6) is 0.209. The van der Waals surface area contributed by atoms with E-state index in [1.165, 1.54) is 0 Å². The number of guanidine groups is 1. The van der Waals surface area contributed by atoms with Gasteiger partial charge >= 0.3 is 6.03 Å². The number of morpholine rings is 1. The first-order valence-electron chi connectivity index (χ1n) is 6.32. The molecule has 2 rings (SSSR count). The lowest BCUT2D eigenvalue weighted by Crippen LogP contribution is -2.48. The highest BCUT2D eigenvalue weighted by molar-refractivity contribution is 6.01. The Morgan fingerprint density at radius 2 is 2.37 bits per heavy atom. The van der Waals surface area contributed by atoms with Crippen LogP contribution in [0.5, 0.6) is 0 Å². The molecule has 0 aliphatic carbocycles. The molecule has 1 atom stereocenters. The van der Waals surface area contributed by atoms with Gasteiger partial charge in [0.05, 0.1) is 32.3 Å². The average Bonchev–Trinajstić information content (AvgIpc) is 2.70. The van der Waals surface area contributed by atoms with Crippen LogP contribution in [0.4, 0.5) is 4.79 Å². The predicted molar refractivity (Wildman–Crippen MR) is 68.6 cm³/mol. The predicted octanol–water partition coefficient (Wildman–Crippen LogP) is -1.43. The number of hydrogen-bond donors (Lipinski definition) is 2. The first kappa shape index (κ1) is 13.6. The van der Waals surface area contributed by atoms with Crippen LogP contribution in [-0.2, 0) is 9.53 Å². The van der Waals surface area contributed by atoms with Crippen molar-refractivity contribution in [1.29, 1.82) is 0 Å².